The molecule has 2 nitrogen and oxygen atoms in total. The van der Waals surface area contributed by atoms with E-state index in [0.717, 1.165) is 22.3 Å². The first-order valence-corrected chi connectivity index (χ1v) is 21.6. The molecule has 12 aromatic rings. The number of benzene rings is 10. The molecule has 0 aliphatic heterocycles. The minimum absolute atomic E-state index is 1.08. The van der Waals surface area contributed by atoms with Gasteiger partial charge in [0.2, 0.25) is 0 Å². The first-order chi connectivity index (χ1) is 31.1. The first-order valence-electron chi connectivity index (χ1n) is 21.6. The summed E-state index contributed by atoms with van der Waals surface area (Å²) in [6.07, 6.45) is 13.9. The zero-order chi connectivity index (χ0) is 42.0. The molecular formula is C61H40N2. The third kappa shape index (κ3) is 5.95. The SMILES string of the molecule is C=C/C(=C\C(=C/C)c1ccc(-c2ccc3ccc4c(-c5ccncc5)ccc5ccc2c3c54)cc1)c1ccc(-c2ccc3ccc4c(-c5ccncc5)ccc5ccc2c3c54)cc1. The first kappa shape index (κ1) is 36.6. The fourth-order valence-electron chi connectivity index (χ4n) is 10.1. The maximum absolute atomic E-state index is 4.26. The molecule has 10 aromatic carbocycles. The molecule has 0 radical (unpaired) electrons. The summed E-state index contributed by atoms with van der Waals surface area (Å²) in [6.45, 7) is 6.36. The molecule has 0 N–H and O–H groups in total. The monoisotopic (exact) mass is 800 g/mol. The van der Waals surface area contributed by atoms with Crippen molar-refractivity contribution in [3.05, 3.63) is 231 Å². The molecule has 0 aliphatic rings. The zero-order valence-electron chi connectivity index (χ0n) is 34.8. The average molecular weight is 801 g/mol. The van der Waals surface area contributed by atoms with Crippen LogP contribution in [0.5, 0.6) is 0 Å². The second-order valence-electron chi connectivity index (χ2n) is 16.5. The minimum Gasteiger partial charge on any atom is -0.265 e. The Morgan fingerprint density at radius 1 is 0.349 bits per heavy atom. The molecule has 0 amide bonds. The van der Waals surface area contributed by atoms with Gasteiger partial charge in [0.25, 0.3) is 0 Å². The van der Waals surface area contributed by atoms with E-state index >= 15 is 0 Å². The maximum Gasteiger partial charge on any atom is 0.0273 e. The Labute approximate surface area is 366 Å². The van der Waals surface area contributed by atoms with Crippen LogP contribution in [0.3, 0.4) is 0 Å². The smallest absolute Gasteiger partial charge is 0.0273 e. The lowest BCUT2D eigenvalue weighted by molar-refractivity contribution is 1.33. The van der Waals surface area contributed by atoms with Crippen LogP contribution in [0.15, 0.2) is 219 Å². The Kier molecular flexibility index (Phi) is 8.58. The molecule has 0 unspecified atom stereocenters. The molecule has 0 atom stereocenters. The van der Waals surface area contributed by atoms with Crippen LogP contribution >= 0.6 is 0 Å². The number of hydrogen-bond acceptors (Lipinski definition) is 2. The van der Waals surface area contributed by atoms with Crippen molar-refractivity contribution in [3.63, 3.8) is 0 Å². The lowest BCUT2D eigenvalue weighted by Gasteiger charge is -2.17. The van der Waals surface area contributed by atoms with Crippen molar-refractivity contribution in [2.45, 2.75) is 6.92 Å². The molecule has 2 aromatic heterocycles. The van der Waals surface area contributed by atoms with Crippen molar-refractivity contribution < 1.29 is 0 Å². The predicted molar refractivity (Wildman–Crippen MR) is 269 cm³/mol. The van der Waals surface area contributed by atoms with Crippen LogP contribution in [0.4, 0.5) is 0 Å². The molecule has 0 aliphatic carbocycles. The number of hydrogen-bond donors (Lipinski definition) is 0. The average Bonchev–Trinajstić information content (AvgIpc) is 3.36. The summed E-state index contributed by atoms with van der Waals surface area (Å²) in [5.74, 6) is 0. The van der Waals surface area contributed by atoms with Gasteiger partial charge in [0.15, 0.2) is 0 Å². The van der Waals surface area contributed by atoms with Crippen LogP contribution in [-0.2, 0) is 0 Å². The molecule has 0 spiro atoms. The second kappa shape index (κ2) is 14.8. The Balaban J connectivity index is 0.862. The Morgan fingerprint density at radius 2 is 0.651 bits per heavy atom. The third-order valence-corrected chi connectivity index (χ3v) is 13.2. The van der Waals surface area contributed by atoms with Crippen LogP contribution in [-0.4, -0.2) is 9.97 Å². The van der Waals surface area contributed by atoms with Crippen molar-refractivity contribution in [2.75, 3.05) is 0 Å². The van der Waals surface area contributed by atoms with E-state index in [-0.39, 0.29) is 0 Å². The highest BCUT2D eigenvalue weighted by atomic mass is 14.6. The fraction of sp³-hybridized carbons (Fsp3) is 0.0164. The van der Waals surface area contributed by atoms with E-state index < -0.39 is 0 Å². The molecule has 0 fully saturated rings. The zero-order valence-corrected chi connectivity index (χ0v) is 34.8. The summed E-state index contributed by atoms with van der Waals surface area (Å²) in [5, 5.41) is 15.4. The highest BCUT2D eigenvalue weighted by molar-refractivity contribution is 6.29. The second-order valence-corrected chi connectivity index (χ2v) is 16.5. The Hall–Kier alpha value is -8.20. The van der Waals surface area contributed by atoms with E-state index in [0.29, 0.717) is 0 Å². The quantitative estimate of drug-likeness (QED) is 0.113. The van der Waals surface area contributed by atoms with Gasteiger partial charge in [-0.25, -0.2) is 0 Å². The van der Waals surface area contributed by atoms with Gasteiger partial charge in [0, 0.05) is 24.8 Å². The van der Waals surface area contributed by atoms with Crippen LogP contribution in [0.2, 0.25) is 0 Å². The molecule has 2 heterocycles. The van der Waals surface area contributed by atoms with Crippen molar-refractivity contribution in [1.82, 2.24) is 9.97 Å². The van der Waals surface area contributed by atoms with Gasteiger partial charge in [0.1, 0.15) is 0 Å². The highest BCUT2D eigenvalue weighted by Crippen LogP contribution is 2.44. The summed E-state index contributed by atoms with van der Waals surface area (Å²) in [5.41, 5.74) is 14.2. The number of pyridine rings is 2. The number of rotatable bonds is 8. The molecular weight excluding hydrogens is 761 g/mol. The van der Waals surface area contributed by atoms with Crippen LogP contribution < -0.4 is 0 Å². The van der Waals surface area contributed by atoms with E-state index in [4.69, 9.17) is 0 Å². The summed E-state index contributed by atoms with van der Waals surface area (Å²) in [4.78, 5) is 8.52. The molecule has 0 saturated heterocycles. The third-order valence-electron chi connectivity index (χ3n) is 13.2. The van der Waals surface area contributed by atoms with Crippen molar-refractivity contribution in [3.8, 4) is 44.5 Å². The van der Waals surface area contributed by atoms with E-state index in [1.54, 1.807) is 0 Å². The topological polar surface area (TPSA) is 25.8 Å². The van der Waals surface area contributed by atoms with E-state index in [1.165, 1.54) is 109 Å². The Bertz CT molecular complexity index is 3770. The number of nitrogens with zero attached hydrogens (tertiary/aromatic N) is 2. The van der Waals surface area contributed by atoms with Crippen LogP contribution in [0.25, 0.3) is 120 Å². The predicted octanol–water partition coefficient (Wildman–Crippen LogP) is 16.6. The van der Waals surface area contributed by atoms with Crippen molar-refractivity contribution in [2.24, 2.45) is 0 Å². The number of allylic oxidation sites excluding steroid dienone is 5. The molecule has 0 bridgehead atoms. The maximum atomic E-state index is 4.26. The van der Waals surface area contributed by atoms with Gasteiger partial charge in [-0.05, 0) is 169 Å². The van der Waals surface area contributed by atoms with Gasteiger partial charge < -0.3 is 0 Å². The van der Waals surface area contributed by atoms with Crippen LogP contribution in [0, 0.1) is 0 Å². The van der Waals surface area contributed by atoms with E-state index in [2.05, 4.69) is 205 Å². The summed E-state index contributed by atoms with van der Waals surface area (Å²) in [6, 6.07) is 62.7. The molecule has 0 saturated carbocycles. The van der Waals surface area contributed by atoms with Gasteiger partial charge in [-0.15, -0.1) is 0 Å². The van der Waals surface area contributed by atoms with Gasteiger partial charge in [-0.1, -0.05) is 164 Å². The largest absolute Gasteiger partial charge is 0.265 e. The van der Waals surface area contributed by atoms with Gasteiger partial charge >= 0.3 is 0 Å². The lowest BCUT2D eigenvalue weighted by atomic mass is 9.87. The lowest BCUT2D eigenvalue weighted by Crippen LogP contribution is -1.90. The normalized spacial score (nSPS) is 12.5. The van der Waals surface area contributed by atoms with Crippen molar-refractivity contribution >= 4 is 75.8 Å². The Morgan fingerprint density at radius 3 is 0.968 bits per heavy atom. The molecule has 294 valence electrons. The minimum atomic E-state index is 1.08. The van der Waals surface area contributed by atoms with Gasteiger partial charge in [0.05, 0.1) is 0 Å². The van der Waals surface area contributed by atoms with Gasteiger partial charge in [-0.3, -0.25) is 9.97 Å². The van der Waals surface area contributed by atoms with Crippen LogP contribution in [0.1, 0.15) is 18.1 Å². The van der Waals surface area contributed by atoms with Crippen molar-refractivity contribution in [1.29, 1.82) is 0 Å². The summed E-state index contributed by atoms with van der Waals surface area (Å²) >= 11 is 0. The molecule has 63 heavy (non-hydrogen) atoms. The summed E-state index contributed by atoms with van der Waals surface area (Å²) in [7, 11) is 0. The highest BCUT2D eigenvalue weighted by Gasteiger charge is 2.17. The standard InChI is InChI=1S/C61H40N2/c1-3-38(40-5-9-42(10-6-40)50-21-13-46-19-27-56-52(44-29-33-62-34-30-44)23-15-48-17-25-54(50)58(46)60(48)56)37-39(4-2)41-7-11-43(12-8-41)51-22-14-47-20-28-57-53(45-31-35-63-36-32-45)24-16-49-18-26-55(51)59(47)61(49)57/h3-37H,1H2,2H3/b38-37+,39-4+. The van der Waals surface area contributed by atoms with E-state index in [1.807, 2.05) is 30.9 Å². The molecule has 2 heteroatoms. The van der Waals surface area contributed by atoms with E-state index in [9.17, 15) is 0 Å². The summed E-state index contributed by atoms with van der Waals surface area (Å²) < 4.78 is 0. The molecule has 12 rings (SSSR count). The van der Waals surface area contributed by atoms with Gasteiger partial charge in [-0.2, -0.15) is 0 Å². The fourth-order valence-corrected chi connectivity index (χ4v) is 10.1. The number of aromatic nitrogens is 2.